The highest BCUT2D eigenvalue weighted by molar-refractivity contribution is 7.08. The summed E-state index contributed by atoms with van der Waals surface area (Å²) in [6, 6.07) is 1.91. The van der Waals surface area contributed by atoms with Gasteiger partial charge in [0, 0.05) is 37.0 Å². The quantitative estimate of drug-likeness (QED) is 0.889. The van der Waals surface area contributed by atoms with Crippen molar-refractivity contribution in [3.8, 4) is 0 Å². The first-order chi connectivity index (χ1) is 9.65. The molecule has 6 nitrogen and oxygen atoms in total. The number of nitrogens with one attached hydrogen (secondary N) is 1. The number of nitrogens with zero attached hydrogens (tertiary/aromatic N) is 3. The van der Waals surface area contributed by atoms with Crippen LogP contribution in [0.3, 0.4) is 0 Å². The number of hydrogen-bond donors (Lipinski definition) is 1. The number of hydrogen-bond acceptors (Lipinski definition) is 4. The monoisotopic (exact) mass is 292 g/mol. The van der Waals surface area contributed by atoms with Gasteiger partial charge in [0.2, 0.25) is 0 Å². The highest BCUT2D eigenvalue weighted by atomic mass is 32.1. The second-order valence-electron chi connectivity index (χ2n) is 4.98. The van der Waals surface area contributed by atoms with E-state index in [2.05, 4.69) is 10.4 Å². The Morgan fingerprint density at radius 1 is 1.50 bits per heavy atom. The maximum atomic E-state index is 12.0. The maximum Gasteiger partial charge on any atom is 0.345 e. The number of carbonyl (C=O) groups is 1. The molecule has 1 N–H and O–H groups in total. The van der Waals surface area contributed by atoms with Gasteiger partial charge in [-0.3, -0.25) is 9.36 Å². The summed E-state index contributed by atoms with van der Waals surface area (Å²) >= 11 is 1.51. The van der Waals surface area contributed by atoms with Crippen LogP contribution in [0, 0.1) is 0 Å². The number of aryl methyl sites for hydroxylation is 2. The van der Waals surface area contributed by atoms with Gasteiger partial charge in [0.05, 0.1) is 0 Å². The van der Waals surface area contributed by atoms with Crippen molar-refractivity contribution in [3.63, 3.8) is 0 Å². The van der Waals surface area contributed by atoms with Crippen LogP contribution in [-0.4, -0.2) is 26.3 Å². The molecule has 106 valence electrons. The van der Waals surface area contributed by atoms with Gasteiger partial charge in [-0.2, -0.15) is 16.4 Å². The summed E-state index contributed by atoms with van der Waals surface area (Å²) < 4.78 is 3.08. The zero-order chi connectivity index (χ0) is 14.1. The van der Waals surface area contributed by atoms with E-state index in [0.717, 1.165) is 18.7 Å². The number of thiophene rings is 1. The lowest BCUT2D eigenvalue weighted by Gasteiger charge is -2.15. The summed E-state index contributed by atoms with van der Waals surface area (Å²) in [6.45, 7) is 0.608. The van der Waals surface area contributed by atoms with Crippen LogP contribution in [0.15, 0.2) is 21.6 Å². The Balaban J connectivity index is 1.68. The number of fused-ring (bicyclic) bond motifs is 1. The van der Waals surface area contributed by atoms with Crippen LogP contribution in [0.5, 0.6) is 0 Å². The van der Waals surface area contributed by atoms with E-state index in [1.54, 1.807) is 11.6 Å². The first kappa shape index (κ1) is 13.1. The third-order valence-electron chi connectivity index (χ3n) is 3.62. The molecule has 3 heterocycles. The fraction of sp³-hybridized carbons (Fsp3) is 0.462. The van der Waals surface area contributed by atoms with Crippen LogP contribution in [0.4, 0.5) is 0 Å². The lowest BCUT2D eigenvalue weighted by Crippen LogP contribution is -2.35. The van der Waals surface area contributed by atoms with Crippen LogP contribution >= 0.6 is 11.3 Å². The Morgan fingerprint density at radius 2 is 2.35 bits per heavy atom. The van der Waals surface area contributed by atoms with Crippen molar-refractivity contribution in [2.75, 3.05) is 0 Å². The topological polar surface area (TPSA) is 68.9 Å². The molecule has 0 aliphatic carbocycles. The summed E-state index contributed by atoms with van der Waals surface area (Å²) in [5.74, 6) is 0.772. The molecule has 0 saturated heterocycles. The Kier molecular flexibility index (Phi) is 3.43. The molecule has 2 aromatic rings. The molecule has 0 spiro atoms. The normalized spacial score (nSPS) is 18.4. The molecule has 0 fully saturated rings. The molecule has 1 unspecified atom stereocenters. The zero-order valence-electron chi connectivity index (χ0n) is 11.2. The van der Waals surface area contributed by atoms with Crippen LogP contribution in [-0.2, 0) is 20.0 Å². The van der Waals surface area contributed by atoms with Gasteiger partial charge in [-0.15, -0.1) is 0 Å². The number of amides is 1. The zero-order valence-corrected chi connectivity index (χ0v) is 12.0. The van der Waals surface area contributed by atoms with E-state index >= 15 is 0 Å². The molecule has 0 saturated carbocycles. The molecular weight excluding hydrogens is 276 g/mol. The number of rotatable bonds is 2. The average Bonchev–Trinajstić information content (AvgIpc) is 2.99. The Labute approximate surface area is 120 Å². The summed E-state index contributed by atoms with van der Waals surface area (Å²) in [5.41, 5.74) is 0.623. The van der Waals surface area contributed by atoms with Crippen LogP contribution in [0.1, 0.15) is 29.0 Å². The second-order valence-corrected chi connectivity index (χ2v) is 5.76. The van der Waals surface area contributed by atoms with Gasteiger partial charge in [-0.1, -0.05) is 0 Å². The molecule has 7 heteroatoms. The van der Waals surface area contributed by atoms with Gasteiger partial charge in [-0.25, -0.2) is 9.48 Å². The first-order valence-electron chi connectivity index (χ1n) is 6.61. The van der Waals surface area contributed by atoms with Crippen molar-refractivity contribution in [1.82, 2.24) is 19.7 Å². The smallest absolute Gasteiger partial charge is 0.345 e. The standard InChI is InChI=1S/C13H16N4O2S/c1-16-13(19)17-6-4-10(2-3-11(17)15-16)14-12(18)9-5-7-20-8-9/h5,7-8,10H,2-4,6H2,1H3,(H,14,18). The molecule has 3 rings (SSSR count). The van der Waals surface area contributed by atoms with Gasteiger partial charge in [0.1, 0.15) is 5.82 Å². The molecule has 20 heavy (non-hydrogen) atoms. The predicted octanol–water partition coefficient (Wildman–Crippen LogP) is 0.778. The molecule has 0 aromatic carbocycles. The maximum absolute atomic E-state index is 12.0. The average molecular weight is 292 g/mol. The van der Waals surface area contributed by atoms with Crippen LogP contribution in [0.2, 0.25) is 0 Å². The lowest BCUT2D eigenvalue weighted by molar-refractivity contribution is 0.0933. The first-order valence-corrected chi connectivity index (χ1v) is 7.55. The SMILES string of the molecule is Cn1nc2n(c1=O)CCC(NC(=O)c1ccsc1)CC2. The summed E-state index contributed by atoms with van der Waals surface area (Å²) in [7, 11) is 1.67. The highest BCUT2D eigenvalue weighted by Gasteiger charge is 2.21. The molecule has 1 amide bonds. The molecule has 1 aliphatic heterocycles. The van der Waals surface area contributed by atoms with E-state index in [0.29, 0.717) is 18.5 Å². The molecule has 0 radical (unpaired) electrons. The van der Waals surface area contributed by atoms with E-state index in [-0.39, 0.29) is 17.6 Å². The fourth-order valence-corrected chi connectivity index (χ4v) is 3.14. The Morgan fingerprint density at radius 3 is 3.10 bits per heavy atom. The molecule has 2 aromatic heterocycles. The van der Waals surface area contributed by atoms with Gasteiger partial charge < -0.3 is 5.32 Å². The van der Waals surface area contributed by atoms with E-state index < -0.39 is 0 Å². The Bertz CT molecular complexity index is 671. The van der Waals surface area contributed by atoms with Gasteiger partial charge in [0.25, 0.3) is 5.91 Å². The van der Waals surface area contributed by atoms with Gasteiger partial charge >= 0.3 is 5.69 Å². The lowest BCUT2D eigenvalue weighted by atomic mass is 10.1. The van der Waals surface area contributed by atoms with Crippen molar-refractivity contribution in [2.45, 2.75) is 31.8 Å². The van der Waals surface area contributed by atoms with Crippen molar-refractivity contribution >= 4 is 17.2 Å². The van der Waals surface area contributed by atoms with Gasteiger partial charge in [-0.05, 0) is 24.3 Å². The van der Waals surface area contributed by atoms with E-state index in [1.165, 1.54) is 16.0 Å². The van der Waals surface area contributed by atoms with Crippen LogP contribution in [0.25, 0.3) is 0 Å². The summed E-state index contributed by atoms with van der Waals surface area (Å²) in [6.07, 6.45) is 2.28. The third kappa shape index (κ3) is 2.40. The number of aromatic nitrogens is 3. The second kappa shape index (κ2) is 5.24. The molecular formula is C13H16N4O2S. The van der Waals surface area contributed by atoms with Crippen molar-refractivity contribution < 1.29 is 4.79 Å². The molecule has 0 bridgehead atoms. The predicted molar refractivity (Wildman–Crippen MR) is 76.0 cm³/mol. The van der Waals surface area contributed by atoms with Crippen molar-refractivity contribution in [3.05, 3.63) is 38.7 Å². The summed E-state index contributed by atoms with van der Waals surface area (Å²) in [5, 5.41) is 11.0. The van der Waals surface area contributed by atoms with E-state index in [4.69, 9.17) is 0 Å². The van der Waals surface area contributed by atoms with Crippen molar-refractivity contribution in [1.29, 1.82) is 0 Å². The largest absolute Gasteiger partial charge is 0.349 e. The molecule has 1 aliphatic rings. The van der Waals surface area contributed by atoms with Gasteiger partial charge in [0.15, 0.2) is 0 Å². The van der Waals surface area contributed by atoms with Crippen molar-refractivity contribution in [2.24, 2.45) is 7.05 Å². The number of carbonyl (C=O) groups excluding carboxylic acids is 1. The molecule has 1 atom stereocenters. The minimum Gasteiger partial charge on any atom is -0.349 e. The fourth-order valence-electron chi connectivity index (χ4n) is 2.50. The minimum atomic E-state index is -0.0789. The van der Waals surface area contributed by atoms with E-state index in [1.807, 2.05) is 16.8 Å². The summed E-state index contributed by atoms with van der Waals surface area (Å²) in [4.78, 5) is 23.9. The third-order valence-corrected chi connectivity index (χ3v) is 4.30. The van der Waals surface area contributed by atoms with Crippen LogP contribution < -0.4 is 11.0 Å². The Hall–Kier alpha value is -1.89. The van der Waals surface area contributed by atoms with E-state index in [9.17, 15) is 9.59 Å². The minimum absolute atomic E-state index is 0.0382. The highest BCUT2D eigenvalue weighted by Crippen LogP contribution is 2.13.